The van der Waals surface area contributed by atoms with E-state index in [0.717, 1.165) is 38.8 Å². The maximum atomic E-state index is 7.06. The first-order valence-corrected chi connectivity index (χ1v) is 15.6. The summed E-state index contributed by atoms with van der Waals surface area (Å²) in [5.74, 6) is 0.964. The summed E-state index contributed by atoms with van der Waals surface area (Å²) in [5, 5.41) is 9.64. The van der Waals surface area contributed by atoms with Crippen LogP contribution >= 0.6 is 0 Å². The summed E-state index contributed by atoms with van der Waals surface area (Å²) < 4.78 is 13.7. The smallest absolute Gasteiger partial charge is 0.143 e. The Morgan fingerprint density at radius 3 is 1.89 bits per heavy atom. The first kappa shape index (κ1) is 24.8. The van der Waals surface area contributed by atoms with E-state index in [4.69, 9.17) is 9.15 Å². The molecular formula is C43H28O2. The second-order valence-corrected chi connectivity index (χ2v) is 12.5. The zero-order valence-electron chi connectivity index (χ0n) is 24.8. The van der Waals surface area contributed by atoms with Crippen molar-refractivity contribution in [3.05, 3.63) is 151 Å². The van der Waals surface area contributed by atoms with Crippen molar-refractivity contribution in [1.29, 1.82) is 0 Å². The van der Waals surface area contributed by atoms with Crippen molar-refractivity contribution in [2.75, 3.05) is 0 Å². The maximum Gasteiger partial charge on any atom is 0.143 e. The van der Waals surface area contributed by atoms with Crippen molar-refractivity contribution in [2.45, 2.75) is 18.4 Å². The zero-order chi connectivity index (χ0) is 29.7. The molecule has 2 heterocycles. The van der Waals surface area contributed by atoms with Gasteiger partial charge >= 0.3 is 0 Å². The van der Waals surface area contributed by atoms with Crippen LogP contribution in [0.15, 0.2) is 150 Å². The molecule has 8 aromatic rings. The molecule has 2 nitrogen and oxygen atoms in total. The topological polar surface area (TPSA) is 22.4 Å². The van der Waals surface area contributed by atoms with E-state index in [1.165, 1.54) is 49.0 Å². The number of hydrogen-bond donors (Lipinski definition) is 0. The number of furan rings is 1. The van der Waals surface area contributed by atoms with Gasteiger partial charge in [0.1, 0.15) is 22.5 Å². The molecule has 0 spiro atoms. The molecule has 1 aromatic heterocycles. The maximum absolute atomic E-state index is 7.06. The van der Waals surface area contributed by atoms with Crippen LogP contribution < -0.4 is 4.74 Å². The first-order valence-electron chi connectivity index (χ1n) is 15.6. The molecule has 0 fully saturated rings. The molecule has 1 aliphatic carbocycles. The molecule has 2 unspecified atom stereocenters. The average Bonchev–Trinajstić information content (AvgIpc) is 3.61. The molecule has 0 N–H and O–H groups in total. The minimum Gasteiger partial charge on any atom is -0.481 e. The van der Waals surface area contributed by atoms with Gasteiger partial charge < -0.3 is 9.15 Å². The Morgan fingerprint density at radius 1 is 0.556 bits per heavy atom. The van der Waals surface area contributed by atoms with Gasteiger partial charge in [-0.1, -0.05) is 127 Å². The van der Waals surface area contributed by atoms with Gasteiger partial charge in [0, 0.05) is 27.5 Å². The van der Waals surface area contributed by atoms with E-state index in [-0.39, 0.29) is 5.92 Å². The predicted molar refractivity (Wildman–Crippen MR) is 187 cm³/mol. The highest BCUT2D eigenvalue weighted by Crippen LogP contribution is 2.57. The quantitative estimate of drug-likeness (QED) is 0.191. The Labute approximate surface area is 260 Å². The fourth-order valence-electron chi connectivity index (χ4n) is 8.01. The lowest BCUT2D eigenvalue weighted by Gasteiger charge is -2.27. The van der Waals surface area contributed by atoms with Gasteiger partial charge in [0.15, 0.2) is 0 Å². The lowest BCUT2D eigenvalue weighted by molar-refractivity contribution is 0.156. The molecular weight excluding hydrogens is 548 g/mol. The Bertz CT molecular complexity index is 2540. The molecule has 2 atom stereocenters. The summed E-state index contributed by atoms with van der Waals surface area (Å²) in [6.07, 6.45) is 8.69. The van der Waals surface area contributed by atoms with Crippen LogP contribution in [-0.4, -0.2) is 5.60 Å². The van der Waals surface area contributed by atoms with Crippen molar-refractivity contribution < 1.29 is 9.15 Å². The molecule has 0 saturated heterocycles. The first-order chi connectivity index (χ1) is 22.2. The monoisotopic (exact) mass is 576 g/mol. The number of hydrogen-bond acceptors (Lipinski definition) is 2. The van der Waals surface area contributed by atoms with E-state index >= 15 is 0 Å². The predicted octanol–water partition coefficient (Wildman–Crippen LogP) is 11.7. The van der Waals surface area contributed by atoms with Gasteiger partial charge in [-0.3, -0.25) is 0 Å². The van der Waals surface area contributed by atoms with Crippen LogP contribution in [-0.2, 0) is 0 Å². The highest BCUT2D eigenvalue weighted by molar-refractivity contribution is 6.25. The fourth-order valence-corrected chi connectivity index (χ4v) is 8.01. The van der Waals surface area contributed by atoms with Gasteiger partial charge in [-0.05, 0) is 68.6 Å². The molecule has 0 bridgehead atoms. The van der Waals surface area contributed by atoms with Crippen molar-refractivity contribution in [3.8, 4) is 28.0 Å². The molecule has 0 saturated carbocycles. The van der Waals surface area contributed by atoms with Crippen LogP contribution in [0.4, 0.5) is 0 Å². The normalized spacial score (nSPS) is 18.6. The van der Waals surface area contributed by atoms with E-state index in [9.17, 15) is 0 Å². The van der Waals surface area contributed by atoms with Crippen molar-refractivity contribution in [1.82, 2.24) is 0 Å². The average molecular weight is 577 g/mol. The van der Waals surface area contributed by atoms with Crippen LogP contribution in [0.25, 0.3) is 76.5 Å². The van der Waals surface area contributed by atoms with Crippen LogP contribution in [0, 0.1) is 0 Å². The van der Waals surface area contributed by atoms with Crippen LogP contribution in [0.2, 0.25) is 0 Å². The van der Waals surface area contributed by atoms with Crippen LogP contribution in [0.1, 0.15) is 18.4 Å². The van der Waals surface area contributed by atoms with Crippen LogP contribution in [0.5, 0.6) is 5.75 Å². The minimum absolute atomic E-state index is 0.0491. The molecule has 7 aromatic carbocycles. The number of ether oxygens (including phenoxy) is 1. The second-order valence-electron chi connectivity index (χ2n) is 12.5. The highest BCUT2D eigenvalue weighted by Gasteiger charge is 2.46. The van der Waals surface area contributed by atoms with Crippen molar-refractivity contribution in [3.63, 3.8) is 0 Å². The van der Waals surface area contributed by atoms with E-state index in [1.807, 2.05) is 6.07 Å². The summed E-state index contributed by atoms with van der Waals surface area (Å²) in [6, 6.07) is 43.8. The Kier molecular flexibility index (Phi) is 4.94. The van der Waals surface area contributed by atoms with Crippen molar-refractivity contribution >= 4 is 54.3 Å². The standard InChI is InChI=1S/C43H28O2/c1-43-24-11-10-22-36(43)40-41-34(28-16-8-9-23-37(28)44-41)25-35(42(40)45-43)39-32-19-6-4-17-30(32)38(31-18-5-7-20-33(31)39)29-21-12-14-26-13-2-3-15-27(26)29/h2-25,36H,1H3. The fraction of sp³-hybridized carbons (Fsp3) is 0.0698. The van der Waals surface area contributed by atoms with Gasteiger partial charge in [-0.2, -0.15) is 0 Å². The number of benzene rings is 7. The van der Waals surface area contributed by atoms with E-state index < -0.39 is 5.60 Å². The van der Waals surface area contributed by atoms with Crippen molar-refractivity contribution in [2.24, 2.45) is 0 Å². The van der Waals surface area contributed by atoms with Gasteiger partial charge in [-0.15, -0.1) is 0 Å². The summed E-state index contributed by atoms with van der Waals surface area (Å²) >= 11 is 0. The van der Waals surface area contributed by atoms with Gasteiger partial charge in [0.05, 0.1) is 5.92 Å². The third kappa shape index (κ3) is 3.34. The number of rotatable bonds is 2. The Balaban J connectivity index is 1.39. The van der Waals surface area contributed by atoms with Gasteiger partial charge in [0.25, 0.3) is 0 Å². The Morgan fingerprint density at radius 2 is 1.16 bits per heavy atom. The summed E-state index contributed by atoms with van der Waals surface area (Å²) in [4.78, 5) is 0. The van der Waals surface area contributed by atoms with Gasteiger partial charge in [-0.25, -0.2) is 0 Å². The summed E-state index contributed by atoms with van der Waals surface area (Å²) in [7, 11) is 0. The molecule has 2 aliphatic rings. The minimum atomic E-state index is -0.492. The number of allylic oxidation sites excluding steroid dienone is 2. The van der Waals surface area contributed by atoms with Crippen LogP contribution in [0.3, 0.4) is 0 Å². The largest absolute Gasteiger partial charge is 0.481 e. The molecule has 45 heavy (non-hydrogen) atoms. The molecule has 0 amide bonds. The second kappa shape index (κ2) is 8.97. The SMILES string of the molecule is CC12C=CC=CC1c1c(c(-c3c4ccccc4c(-c4cccc5ccccc45)c4ccccc34)cc3c1oc1ccccc13)O2. The van der Waals surface area contributed by atoms with Gasteiger partial charge in [0.2, 0.25) is 0 Å². The third-order valence-corrected chi connectivity index (χ3v) is 10.0. The third-order valence-electron chi connectivity index (χ3n) is 10.0. The lowest BCUT2D eigenvalue weighted by atomic mass is 9.80. The lowest BCUT2D eigenvalue weighted by Crippen LogP contribution is -2.32. The molecule has 212 valence electrons. The highest BCUT2D eigenvalue weighted by atomic mass is 16.5. The molecule has 2 heteroatoms. The van der Waals surface area contributed by atoms with E-state index in [1.54, 1.807) is 0 Å². The summed E-state index contributed by atoms with van der Waals surface area (Å²) in [5.41, 5.74) is 7.28. The molecule has 10 rings (SSSR count). The Hall–Kier alpha value is -5.60. The zero-order valence-corrected chi connectivity index (χ0v) is 24.8. The molecule has 0 radical (unpaired) electrons. The summed E-state index contributed by atoms with van der Waals surface area (Å²) in [6.45, 7) is 2.19. The van der Waals surface area contributed by atoms with E-state index in [2.05, 4.69) is 146 Å². The molecule has 1 aliphatic heterocycles. The van der Waals surface area contributed by atoms with E-state index in [0.29, 0.717) is 0 Å². The number of fused-ring (bicyclic) bond motifs is 10. The number of para-hydroxylation sites is 1.